The Kier molecular flexibility index (Phi) is 7.18. The molecule has 0 radical (unpaired) electrons. The highest BCUT2D eigenvalue weighted by atomic mass is 35.5. The van der Waals surface area contributed by atoms with Crippen molar-refractivity contribution in [1.29, 1.82) is 0 Å². The van der Waals surface area contributed by atoms with Gasteiger partial charge in [0, 0.05) is 11.8 Å². The van der Waals surface area contributed by atoms with Gasteiger partial charge in [0.15, 0.2) is 6.61 Å². The highest BCUT2D eigenvalue weighted by Gasteiger charge is 2.29. The Morgan fingerprint density at radius 3 is 2.41 bits per heavy atom. The van der Waals surface area contributed by atoms with Gasteiger partial charge in [-0.15, -0.1) is 12.4 Å². The summed E-state index contributed by atoms with van der Waals surface area (Å²) in [7, 11) is 0. The molecule has 4 nitrogen and oxygen atoms in total. The number of ether oxygens (including phenoxy) is 1. The predicted octanol–water partition coefficient (Wildman–Crippen LogP) is 3.36. The van der Waals surface area contributed by atoms with E-state index in [1.165, 1.54) is 18.2 Å². The van der Waals surface area contributed by atoms with Gasteiger partial charge in [0.2, 0.25) is 5.91 Å². The van der Waals surface area contributed by atoms with Crippen LogP contribution in [0.3, 0.4) is 0 Å². The number of amides is 1. The first-order valence-electron chi connectivity index (χ1n) is 6.35. The smallest absolute Gasteiger partial charge is 0.422 e. The third kappa shape index (κ3) is 7.00. The van der Waals surface area contributed by atoms with Crippen LogP contribution in [0, 0.1) is 5.41 Å². The lowest BCUT2D eigenvalue weighted by atomic mass is 9.87. The molecule has 0 aromatic heterocycles. The summed E-state index contributed by atoms with van der Waals surface area (Å²) >= 11 is 0. The van der Waals surface area contributed by atoms with Crippen LogP contribution in [0.25, 0.3) is 0 Å². The van der Waals surface area contributed by atoms with Crippen LogP contribution < -0.4 is 15.8 Å². The van der Waals surface area contributed by atoms with Crippen molar-refractivity contribution in [2.75, 3.05) is 11.9 Å². The summed E-state index contributed by atoms with van der Waals surface area (Å²) in [5.74, 6) is -0.384. The average Bonchev–Trinajstić information content (AvgIpc) is 2.34. The fourth-order valence-corrected chi connectivity index (χ4v) is 1.44. The molecule has 1 rings (SSSR count). The summed E-state index contributed by atoms with van der Waals surface area (Å²) in [5.41, 5.74) is 5.71. The van der Waals surface area contributed by atoms with E-state index in [0.717, 1.165) is 0 Å². The number of rotatable bonds is 4. The number of carbonyl (C=O) groups is 1. The zero-order valence-electron chi connectivity index (χ0n) is 12.5. The van der Waals surface area contributed by atoms with E-state index in [2.05, 4.69) is 10.1 Å². The molecule has 0 unspecified atom stereocenters. The molecule has 1 aromatic carbocycles. The molecule has 0 aliphatic rings. The molecule has 126 valence electrons. The monoisotopic (exact) mass is 340 g/mol. The molecule has 0 spiro atoms. The highest BCUT2D eigenvalue weighted by Crippen LogP contribution is 2.23. The van der Waals surface area contributed by atoms with E-state index in [4.69, 9.17) is 5.73 Å². The molecule has 0 heterocycles. The average molecular weight is 341 g/mol. The van der Waals surface area contributed by atoms with Crippen molar-refractivity contribution in [2.24, 2.45) is 11.1 Å². The van der Waals surface area contributed by atoms with Crippen LogP contribution in [0.5, 0.6) is 5.75 Å². The van der Waals surface area contributed by atoms with Gasteiger partial charge in [0.25, 0.3) is 0 Å². The van der Waals surface area contributed by atoms with Gasteiger partial charge in [-0.25, -0.2) is 0 Å². The lowest BCUT2D eigenvalue weighted by Crippen LogP contribution is -2.45. The molecule has 8 heteroatoms. The van der Waals surface area contributed by atoms with Crippen LogP contribution in [-0.4, -0.2) is 24.7 Å². The molecule has 0 fully saturated rings. The minimum atomic E-state index is -4.41. The second kappa shape index (κ2) is 7.69. The number of nitrogens with two attached hydrogens (primary N) is 1. The Balaban J connectivity index is 0.00000441. The Morgan fingerprint density at radius 2 is 1.91 bits per heavy atom. The van der Waals surface area contributed by atoms with Gasteiger partial charge in [-0.2, -0.15) is 13.2 Å². The molecule has 22 heavy (non-hydrogen) atoms. The topological polar surface area (TPSA) is 64.4 Å². The maximum Gasteiger partial charge on any atom is 0.422 e. The van der Waals surface area contributed by atoms with Crippen molar-refractivity contribution < 1.29 is 22.7 Å². The Morgan fingerprint density at radius 1 is 1.32 bits per heavy atom. The quantitative estimate of drug-likeness (QED) is 0.883. The molecule has 1 atom stereocenters. The van der Waals surface area contributed by atoms with Crippen molar-refractivity contribution in [3.8, 4) is 5.75 Å². The lowest BCUT2D eigenvalue weighted by molar-refractivity contribution is -0.153. The molecule has 3 N–H and O–H groups in total. The van der Waals surface area contributed by atoms with Crippen LogP contribution in [0.15, 0.2) is 24.3 Å². The molecular weight excluding hydrogens is 321 g/mol. The third-order valence-corrected chi connectivity index (χ3v) is 2.72. The van der Waals surface area contributed by atoms with Gasteiger partial charge >= 0.3 is 6.18 Å². The lowest BCUT2D eigenvalue weighted by Gasteiger charge is -2.25. The standard InChI is InChI=1S/C14H19F3N2O2.ClH/c1-13(2,3)11(18)12(20)19-9-5-4-6-10(7-9)21-8-14(15,16)17;/h4-7,11H,8,18H2,1-3H3,(H,19,20);1H/t11-;/m1./s1. The van der Waals surface area contributed by atoms with E-state index in [9.17, 15) is 18.0 Å². The number of hydrogen-bond donors (Lipinski definition) is 2. The SMILES string of the molecule is CC(C)(C)[C@H](N)C(=O)Nc1cccc(OCC(F)(F)F)c1.Cl. The number of carbonyl (C=O) groups excluding carboxylic acids is 1. The molecule has 1 aromatic rings. The zero-order chi connectivity index (χ0) is 16.3. The number of anilines is 1. The van der Waals surface area contributed by atoms with E-state index in [1.54, 1.807) is 6.07 Å². The van der Waals surface area contributed by atoms with Gasteiger partial charge in [-0.05, 0) is 17.5 Å². The van der Waals surface area contributed by atoms with Crippen LogP contribution in [0.1, 0.15) is 20.8 Å². The second-order valence-corrected chi connectivity index (χ2v) is 5.76. The van der Waals surface area contributed by atoms with Gasteiger partial charge in [-0.1, -0.05) is 26.8 Å². The van der Waals surface area contributed by atoms with Crippen LogP contribution in [-0.2, 0) is 4.79 Å². The predicted molar refractivity (Wildman–Crippen MR) is 81.3 cm³/mol. The third-order valence-electron chi connectivity index (χ3n) is 2.72. The van der Waals surface area contributed by atoms with E-state index >= 15 is 0 Å². The molecular formula is C14H20ClF3N2O2. The van der Waals surface area contributed by atoms with Gasteiger partial charge < -0.3 is 15.8 Å². The summed E-state index contributed by atoms with van der Waals surface area (Å²) in [6, 6.07) is 5.00. The van der Waals surface area contributed by atoms with Crippen molar-refractivity contribution in [1.82, 2.24) is 0 Å². The molecule has 0 aliphatic heterocycles. The minimum absolute atomic E-state index is 0. The Labute approximate surface area is 133 Å². The number of halogens is 4. The van der Waals surface area contributed by atoms with Crippen molar-refractivity contribution in [3.05, 3.63) is 24.3 Å². The first-order valence-corrected chi connectivity index (χ1v) is 6.35. The maximum atomic E-state index is 12.1. The summed E-state index contributed by atoms with van der Waals surface area (Å²) in [6.45, 7) is 4.08. The minimum Gasteiger partial charge on any atom is -0.484 e. The molecule has 0 aliphatic carbocycles. The number of benzene rings is 1. The first-order chi connectivity index (χ1) is 9.49. The van der Waals surface area contributed by atoms with Gasteiger partial charge in [0.05, 0.1) is 6.04 Å². The first kappa shape index (κ1) is 20.5. The number of alkyl halides is 3. The van der Waals surface area contributed by atoms with Gasteiger partial charge in [-0.3, -0.25) is 4.79 Å². The Bertz CT molecular complexity index is 502. The highest BCUT2D eigenvalue weighted by molar-refractivity contribution is 5.95. The van der Waals surface area contributed by atoms with E-state index in [-0.39, 0.29) is 18.2 Å². The van der Waals surface area contributed by atoms with Crippen molar-refractivity contribution >= 4 is 24.0 Å². The van der Waals surface area contributed by atoms with Crippen molar-refractivity contribution in [3.63, 3.8) is 0 Å². The van der Waals surface area contributed by atoms with Crippen LogP contribution in [0.2, 0.25) is 0 Å². The Hall–Kier alpha value is -1.47. The summed E-state index contributed by atoms with van der Waals surface area (Å²) in [4.78, 5) is 11.9. The van der Waals surface area contributed by atoms with E-state index in [0.29, 0.717) is 5.69 Å². The van der Waals surface area contributed by atoms with Crippen LogP contribution >= 0.6 is 12.4 Å². The molecule has 0 saturated carbocycles. The summed E-state index contributed by atoms with van der Waals surface area (Å²) in [5, 5.41) is 2.56. The second-order valence-electron chi connectivity index (χ2n) is 5.76. The summed E-state index contributed by atoms with van der Waals surface area (Å²) < 4.78 is 40.8. The fourth-order valence-electron chi connectivity index (χ4n) is 1.44. The maximum absolute atomic E-state index is 12.1. The molecule has 1 amide bonds. The van der Waals surface area contributed by atoms with Gasteiger partial charge in [0.1, 0.15) is 5.75 Å². The van der Waals surface area contributed by atoms with E-state index < -0.39 is 30.1 Å². The number of nitrogens with one attached hydrogen (secondary N) is 1. The fraction of sp³-hybridized carbons (Fsp3) is 0.500. The molecule has 0 saturated heterocycles. The zero-order valence-corrected chi connectivity index (χ0v) is 13.3. The van der Waals surface area contributed by atoms with Crippen LogP contribution in [0.4, 0.5) is 18.9 Å². The largest absolute Gasteiger partial charge is 0.484 e. The number of hydrogen-bond acceptors (Lipinski definition) is 3. The normalized spacial score (nSPS) is 13.0. The summed E-state index contributed by atoms with van der Waals surface area (Å²) in [6.07, 6.45) is -4.41. The molecule has 0 bridgehead atoms. The van der Waals surface area contributed by atoms with E-state index in [1.807, 2.05) is 20.8 Å². The van der Waals surface area contributed by atoms with Crippen molar-refractivity contribution in [2.45, 2.75) is 33.0 Å².